The lowest BCUT2D eigenvalue weighted by molar-refractivity contribution is 0.218. The minimum atomic E-state index is -3.84. The van der Waals surface area contributed by atoms with Gasteiger partial charge < -0.3 is 15.6 Å². The second-order valence-electron chi connectivity index (χ2n) is 7.40. The molecule has 3 N–H and O–H groups in total. The van der Waals surface area contributed by atoms with Gasteiger partial charge in [-0.1, -0.05) is 18.2 Å². The van der Waals surface area contributed by atoms with E-state index in [1.807, 2.05) is 6.07 Å². The van der Waals surface area contributed by atoms with Crippen molar-refractivity contribution in [3.8, 4) is 6.07 Å². The van der Waals surface area contributed by atoms with Gasteiger partial charge in [-0.05, 0) is 31.0 Å². The van der Waals surface area contributed by atoms with Gasteiger partial charge in [0.05, 0.1) is 28.5 Å². The molecule has 30 heavy (non-hydrogen) atoms. The van der Waals surface area contributed by atoms with Crippen molar-refractivity contribution in [3.63, 3.8) is 0 Å². The van der Waals surface area contributed by atoms with E-state index >= 15 is 0 Å². The summed E-state index contributed by atoms with van der Waals surface area (Å²) in [6, 6.07) is 12.2. The Kier molecular flexibility index (Phi) is 5.61. The van der Waals surface area contributed by atoms with Crippen molar-refractivity contribution in [2.24, 2.45) is 0 Å². The number of likely N-dealkylation sites (tertiary alicyclic amines) is 1. The van der Waals surface area contributed by atoms with Crippen LogP contribution in [0.5, 0.6) is 0 Å². The van der Waals surface area contributed by atoms with E-state index in [0.717, 1.165) is 13.1 Å². The summed E-state index contributed by atoms with van der Waals surface area (Å²) in [5.74, 6) is 0. The van der Waals surface area contributed by atoms with Crippen LogP contribution in [0.15, 0.2) is 53.7 Å². The summed E-state index contributed by atoms with van der Waals surface area (Å²) in [5, 5.41) is 9.52. The van der Waals surface area contributed by atoms with E-state index in [1.54, 1.807) is 36.5 Å². The van der Waals surface area contributed by atoms with Gasteiger partial charge in [0.25, 0.3) is 10.0 Å². The lowest BCUT2D eigenvalue weighted by atomic mass is 10.0. The molecule has 0 bridgehead atoms. The molecule has 2 aromatic heterocycles. The smallest absolute Gasteiger partial charge is 0.264 e. The number of hydrogen-bond donors (Lipinski definition) is 2. The Bertz CT molecular complexity index is 1160. The summed E-state index contributed by atoms with van der Waals surface area (Å²) in [5.41, 5.74) is 7.69. The normalized spacial score (nSPS) is 15.8. The van der Waals surface area contributed by atoms with Crippen molar-refractivity contribution in [2.75, 3.05) is 29.7 Å². The molecular weight excluding hydrogens is 400 g/mol. The van der Waals surface area contributed by atoms with Gasteiger partial charge in [-0.25, -0.2) is 13.4 Å². The van der Waals surface area contributed by atoms with Crippen molar-refractivity contribution in [1.82, 2.24) is 14.9 Å². The summed E-state index contributed by atoms with van der Waals surface area (Å²) < 4.78 is 29.1. The average molecular weight is 425 g/mol. The van der Waals surface area contributed by atoms with Crippen LogP contribution in [0.1, 0.15) is 19.3 Å². The number of rotatable bonds is 6. The van der Waals surface area contributed by atoms with Crippen LogP contribution >= 0.6 is 0 Å². The number of pyridine rings is 1. The molecule has 9 heteroatoms. The fraction of sp³-hybridized carbons (Fsp3) is 0.333. The van der Waals surface area contributed by atoms with Crippen LogP contribution in [0.25, 0.3) is 11.0 Å². The number of aromatic amines is 1. The maximum Gasteiger partial charge on any atom is 0.264 e. The standard InChI is InChI=1S/C21H24N6O2S/c22-10-4-12-26-13-8-16(9-14-26)27(30(28,29)17-5-2-1-3-6-17)20-18-7-11-24-21(18)25-15-19(20)23/h1-3,5-7,11,15-16H,4,8-9,12-14,23H2,(H,24,25). The SMILES string of the molecule is N#CCCN1CCC(N(c2c(N)cnc3[nH]ccc23)S(=O)(=O)c2ccccc2)CC1. The van der Waals surface area contributed by atoms with Gasteiger partial charge in [0.15, 0.2) is 0 Å². The molecule has 3 heterocycles. The number of nitrogens with two attached hydrogens (primary N) is 1. The fourth-order valence-corrected chi connectivity index (χ4v) is 5.82. The number of anilines is 2. The van der Waals surface area contributed by atoms with E-state index < -0.39 is 10.0 Å². The highest BCUT2D eigenvalue weighted by Gasteiger charge is 2.36. The summed E-state index contributed by atoms with van der Waals surface area (Å²) in [7, 11) is -3.84. The number of nitrogen functional groups attached to an aromatic ring is 1. The van der Waals surface area contributed by atoms with Crippen molar-refractivity contribution in [2.45, 2.75) is 30.2 Å². The van der Waals surface area contributed by atoms with E-state index in [2.05, 4.69) is 20.9 Å². The number of piperidine rings is 1. The molecule has 156 valence electrons. The molecule has 4 rings (SSSR count). The van der Waals surface area contributed by atoms with E-state index in [9.17, 15) is 8.42 Å². The van der Waals surface area contributed by atoms with Crippen molar-refractivity contribution >= 4 is 32.4 Å². The Hall–Kier alpha value is -3.09. The maximum absolute atomic E-state index is 13.8. The second kappa shape index (κ2) is 8.34. The molecule has 8 nitrogen and oxygen atoms in total. The van der Waals surface area contributed by atoms with Crippen molar-refractivity contribution in [3.05, 3.63) is 48.8 Å². The molecular formula is C21H24N6O2S. The van der Waals surface area contributed by atoms with Gasteiger partial charge >= 0.3 is 0 Å². The Balaban J connectivity index is 1.78. The Morgan fingerprint density at radius 3 is 2.67 bits per heavy atom. The highest BCUT2D eigenvalue weighted by Crippen LogP contribution is 2.38. The van der Waals surface area contributed by atoms with Crippen molar-refractivity contribution < 1.29 is 8.42 Å². The molecule has 1 saturated heterocycles. The first-order valence-corrected chi connectivity index (χ1v) is 11.4. The number of nitrogens with zero attached hydrogens (tertiary/aromatic N) is 4. The zero-order valence-electron chi connectivity index (χ0n) is 16.5. The number of nitriles is 1. The Morgan fingerprint density at radius 1 is 1.23 bits per heavy atom. The second-order valence-corrected chi connectivity index (χ2v) is 9.21. The zero-order chi connectivity index (χ0) is 21.1. The van der Waals surface area contributed by atoms with Crippen LogP contribution in [0.3, 0.4) is 0 Å². The van der Waals surface area contributed by atoms with Crippen LogP contribution in [-0.4, -0.2) is 49.0 Å². The first-order valence-electron chi connectivity index (χ1n) is 9.92. The molecule has 0 radical (unpaired) electrons. The predicted molar refractivity (Wildman–Crippen MR) is 116 cm³/mol. The van der Waals surface area contributed by atoms with Gasteiger partial charge in [-0.2, -0.15) is 5.26 Å². The van der Waals surface area contributed by atoms with Crippen LogP contribution in [0.4, 0.5) is 11.4 Å². The van der Waals surface area contributed by atoms with E-state index in [4.69, 9.17) is 11.0 Å². The van der Waals surface area contributed by atoms with E-state index in [-0.39, 0.29) is 10.9 Å². The summed E-state index contributed by atoms with van der Waals surface area (Å²) in [4.78, 5) is 9.76. The monoisotopic (exact) mass is 424 g/mol. The summed E-state index contributed by atoms with van der Waals surface area (Å²) in [6.45, 7) is 2.16. The maximum atomic E-state index is 13.8. The highest BCUT2D eigenvalue weighted by molar-refractivity contribution is 7.93. The van der Waals surface area contributed by atoms with Crippen LogP contribution in [0, 0.1) is 11.3 Å². The van der Waals surface area contributed by atoms with Crippen LogP contribution in [-0.2, 0) is 10.0 Å². The first kappa shape index (κ1) is 20.2. The number of H-pyrrole nitrogens is 1. The van der Waals surface area contributed by atoms with Crippen molar-refractivity contribution in [1.29, 1.82) is 5.26 Å². The number of nitrogens with one attached hydrogen (secondary N) is 1. The lowest BCUT2D eigenvalue weighted by Crippen LogP contribution is -2.48. The molecule has 1 fully saturated rings. The molecule has 1 aromatic carbocycles. The predicted octanol–water partition coefficient (Wildman–Crippen LogP) is 2.72. The molecule has 0 unspecified atom stereocenters. The molecule has 0 atom stereocenters. The van der Waals surface area contributed by atoms with Gasteiger partial charge in [0, 0.05) is 43.7 Å². The highest BCUT2D eigenvalue weighted by atomic mass is 32.2. The molecule has 1 aliphatic rings. The van der Waals surface area contributed by atoms with Gasteiger partial charge in [0.1, 0.15) is 5.65 Å². The quantitative estimate of drug-likeness (QED) is 0.628. The molecule has 3 aromatic rings. The minimum absolute atomic E-state index is 0.233. The van der Waals surface area contributed by atoms with Gasteiger partial charge in [0.2, 0.25) is 0 Å². The van der Waals surface area contributed by atoms with Gasteiger partial charge in [-0.15, -0.1) is 0 Å². The molecule has 1 aliphatic heterocycles. The van der Waals surface area contributed by atoms with E-state index in [0.29, 0.717) is 48.2 Å². The molecule has 0 aliphatic carbocycles. The van der Waals surface area contributed by atoms with Gasteiger partial charge in [-0.3, -0.25) is 4.31 Å². The van der Waals surface area contributed by atoms with E-state index in [1.165, 1.54) is 10.5 Å². The fourth-order valence-electron chi connectivity index (χ4n) is 4.05. The number of hydrogen-bond acceptors (Lipinski definition) is 6. The summed E-state index contributed by atoms with van der Waals surface area (Å²) >= 11 is 0. The summed E-state index contributed by atoms with van der Waals surface area (Å²) in [6.07, 6.45) is 5.02. The number of sulfonamides is 1. The minimum Gasteiger partial charge on any atom is -0.396 e. The Labute approximate surface area is 176 Å². The zero-order valence-corrected chi connectivity index (χ0v) is 17.3. The largest absolute Gasteiger partial charge is 0.396 e. The lowest BCUT2D eigenvalue weighted by Gasteiger charge is -2.39. The third kappa shape index (κ3) is 3.72. The first-order chi connectivity index (χ1) is 14.5. The molecule has 0 amide bonds. The number of benzene rings is 1. The van der Waals surface area contributed by atoms with Crippen LogP contribution in [0.2, 0.25) is 0 Å². The average Bonchev–Trinajstić information content (AvgIpc) is 3.24. The third-order valence-electron chi connectivity index (χ3n) is 5.54. The molecule has 0 spiro atoms. The number of fused-ring (bicyclic) bond motifs is 1. The topological polar surface area (TPSA) is 119 Å². The number of aromatic nitrogens is 2. The third-order valence-corrected chi connectivity index (χ3v) is 7.40. The van der Waals surface area contributed by atoms with Crippen LogP contribution < -0.4 is 10.0 Å². The molecule has 0 saturated carbocycles. The Morgan fingerprint density at radius 2 is 1.97 bits per heavy atom.